The van der Waals surface area contributed by atoms with Crippen LogP contribution in [0.2, 0.25) is 0 Å². The highest BCUT2D eigenvalue weighted by molar-refractivity contribution is 5.96. The maximum atomic E-state index is 12.7. The second-order valence-corrected chi connectivity index (χ2v) is 5.19. The minimum atomic E-state index is -3.18. The Morgan fingerprint density at radius 1 is 1.44 bits per heavy atom. The van der Waals surface area contributed by atoms with E-state index in [1.807, 2.05) is 0 Å². The maximum Gasteiger partial charge on any atom is 0.387 e. The molecule has 1 aromatic carbocycles. The molecular formula is C15H14F2N2O6. The number of ether oxygens (including phenoxy) is 2. The zero-order chi connectivity index (χ0) is 18.7. The van der Waals surface area contributed by atoms with Gasteiger partial charge < -0.3 is 14.8 Å². The third-order valence-corrected chi connectivity index (χ3v) is 3.67. The lowest BCUT2D eigenvalue weighted by Crippen LogP contribution is -2.34. The summed E-state index contributed by atoms with van der Waals surface area (Å²) >= 11 is 0. The molecule has 10 heteroatoms. The summed E-state index contributed by atoms with van der Waals surface area (Å²) < 4.78 is 34.4. The molecule has 1 amide bonds. The van der Waals surface area contributed by atoms with Crippen LogP contribution >= 0.6 is 0 Å². The van der Waals surface area contributed by atoms with Gasteiger partial charge in [0.05, 0.1) is 17.6 Å². The Labute approximate surface area is 140 Å². The molecule has 0 aliphatic carbocycles. The number of carbonyl (C=O) groups excluding carboxylic acids is 2. The molecule has 1 atom stereocenters. The first-order valence-corrected chi connectivity index (χ1v) is 7.06. The third-order valence-electron chi connectivity index (χ3n) is 3.67. The van der Waals surface area contributed by atoms with Gasteiger partial charge in [0.2, 0.25) is 5.91 Å². The highest BCUT2D eigenvalue weighted by Crippen LogP contribution is 2.40. The van der Waals surface area contributed by atoms with Gasteiger partial charge >= 0.3 is 12.6 Å². The topological polar surface area (TPSA) is 108 Å². The van der Waals surface area contributed by atoms with Crippen molar-refractivity contribution in [3.63, 3.8) is 0 Å². The lowest BCUT2D eigenvalue weighted by molar-refractivity contribution is -0.385. The first kappa shape index (κ1) is 18.3. The van der Waals surface area contributed by atoms with Gasteiger partial charge in [-0.2, -0.15) is 8.78 Å². The molecule has 25 heavy (non-hydrogen) atoms. The lowest BCUT2D eigenvalue weighted by atomic mass is 9.84. The molecule has 0 saturated carbocycles. The van der Waals surface area contributed by atoms with E-state index in [1.54, 1.807) is 0 Å². The number of allylic oxidation sites excluding steroid dienone is 1. The summed E-state index contributed by atoms with van der Waals surface area (Å²) in [5.74, 6) is -2.62. The number of hydrogen-bond donors (Lipinski definition) is 1. The van der Waals surface area contributed by atoms with Crippen LogP contribution in [0.25, 0.3) is 0 Å². The summed E-state index contributed by atoms with van der Waals surface area (Å²) in [6, 6.07) is 3.02. The molecule has 2 rings (SSSR count). The van der Waals surface area contributed by atoms with Crippen molar-refractivity contribution >= 4 is 17.6 Å². The Kier molecular flexibility index (Phi) is 5.30. The number of methoxy groups -OCH3 is 1. The molecule has 134 valence electrons. The van der Waals surface area contributed by atoms with Crippen LogP contribution in [0.5, 0.6) is 5.75 Å². The molecule has 0 aromatic heterocycles. The van der Waals surface area contributed by atoms with E-state index in [4.69, 9.17) is 0 Å². The maximum absolute atomic E-state index is 12.7. The normalized spacial score (nSPS) is 17.3. The predicted octanol–water partition coefficient (Wildman–Crippen LogP) is 2.25. The van der Waals surface area contributed by atoms with Crippen molar-refractivity contribution in [1.82, 2.24) is 5.32 Å². The van der Waals surface area contributed by atoms with Gasteiger partial charge in [-0.25, -0.2) is 4.79 Å². The number of non-ortho nitro benzene ring substituents is 1. The van der Waals surface area contributed by atoms with Crippen molar-refractivity contribution in [3.05, 3.63) is 45.1 Å². The number of benzene rings is 1. The van der Waals surface area contributed by atoms with Gasteiger partial charge in [0, 0.05) is 35.7 Å². The first-order chi connectivity index (χ1) is 11.7. The van der Waals surface area contributed by atoms with Crippen molar-refractivity contribution in [2.45, 2.75) is 25.9 Å². The standard InChI is InChI=1S/C15H14F2N2O6/c1-7-13(14(21)24-2)10(6-12(20)18-7)9-5-8(19(22)23)3-4-11(9)25-15(16)17/h3-5,10,15H,6H2,1-2H3,(H,18,20)/t10-/m1/s1. The molecule has 0 spiro atoms. The number of nitro benzene ring substituents is 1. The number of rotatable bonds is 5. The van der Waals surface area contributed by atoms with E-state index in [0.29, 0.717) is 0 Å². The van der Waals surface area contributed by atoms with Crippen LogP contribution in [0.1, 0.15) is 24.8 Å². The zero-order valence-corrected chi connectivity index (χ0v) is 13.2. The van der Waals surface area contributed by atoms with Crippen LogP contribution in [0, 0.1) is 10.1 Å². The van der Waals surface area contributed by atoms with E-state index in [1.165, 1.54) is 6.92 Å². The van der Waals surface area contributed by atoms with Gasteiger partial charge in [-0.1, -0.05) is 0 Å². The largest absolute Gasteiger partial charge is 0.466 e. The van der Waals surface area contributed by atoms with E-state index in [-0.39, 0.29) is 34.7 Å². The van der Waals surface area contributed by atoms with Crippen molar-refractivity contribution < 1.29 is 32.8 Å². The van der Waals surface area contributed by atoms with Gasteiger partial charge in [0.25, 0.3) is 5.69 Å². The second-order valence-electron chi connectivity index (χ2n) is 5.19. The Morgan fingerprint density at radius 3 is 2.68 bits per heavy atom. The molecule has 1 N–H and O–H groups in total. The zero-order valence-electron chi connectivity index (χ0n) is 13.2. The van der Waals surface area contributed by atoms with Crippen LogP contribution in [-0.2, 0) is 14.3 Å². The molecule has 1 heterocycles. The summed E-state index contributed by atoms with van der Waals surface area (Å²) in [6.45, 7) is -1.73. The molecule has 1 aromatic rings. The third kappa shape index (κ3) is 3.90. The average molecular weight is 356 g/mol. The number of hydrogen-bond acceptors (Lipinski definition) is 6. The van der Waals surface area contributed by atoms with Gasteiger partial charge in [0.1, 0.15) is 5.75 Å². The second kappa shape index (κ2) is 7.24. The van der Waals surface area contributed by atoms with Crippen molar-refractivity contribution in [2.75, 3.05) is 7.11 Å². The summed E-state index contributed by atoms with van der Waals surface area (Å²) in [5, 5.41) is 13.5. The molecule has 0 unspecified atom stereocenters. The number of alkyl halides is 2. The fourth-order valence-corrected chi connectivity index (χ4v) is 2.67. The lowest BCUT2D eigenvalue weighted by Gasteiger charge is -2.27. The SMILES string of the molecule is COC(=O)C1=C(C)NC(=O)C[C@@H]1c1cc([N+](=O)[O-])ccc1OC(F)F. The van der Waals surface area contributed by atoms with Crippen molar-refractivity contribution in [3.8, 4) is 5.75 Å². The van der Waals surface area contributed by atoms with Crippen LogP contribution in [-0.4, -0.2) is 30.5 Å². The van der Waals surface area contributed by atoms with Gasteiger partial charge in [0.15, 0.2) is 0 Å². The summed E-state index contributed by atoms with van der Waals surface area (Å²) in [5.41, 5.74) is -0.252. The number of carbonyl (C=O) groups is 2. The van der Waals surface area contributed by atoms with E-state index in [2.05, 4.69) is 14.8 Å². The summed E-state index contributed by atoms with van der Waals surface area (Å²) in [6.07, 6.45) is -0.275. The number of amides is 1. The number of nitrogens with zero attached hydrogens (tertiary/aromatic N) is 1. The average Bonchev–Trinajstić information content (AvgIpc) is 2.53. The Morgan fingerprint density at radius 2 is 2.12 bits per heavy atom. The summed E-state index contributed by atoms with van der Waals surface area (Å²) in [7, 11) is 1.13. The fourth-order valence-electron chi connectivity index (χ4n) is 2.67. The van der Waals surface area contributed by atoms with Crippen LogP contribution < -0.4 is 10.1 Å². The molecule has 0 saturated heterocycles. The van der Waals surface area contributed by atoms with Crippen molar-refractivity contribution in [2.24, 2.45) is 0 Å². The first-order valence-electron chi connectivity index (χ1n) is 7.06. The monoisotopic (exact) mass is 356 g/mol. The number of halogens is 2. The molecule has 0 radical (unpaired) electrons. The minimum absolute atomic E-state index is 0.0155. The van der Waals surface area contributed by atoms with E-state index in [9.17, 15) is 28.5 Å². The van der Waals surface area contributed by atoms with Crippen molar-refractivity contribution in [1.29, 1.82) is 0 Å². The smallest absolute Gasteiger partial charge is 0.387 e. The molecule has 0 bridgehead atoms. The van der Waals surface area contributed by atoms with E-state index >= 15 is 0 Å². The number of nitro groups is 1. The minimum Gasteiger partial charge on any atom is -0.466 e. The molecule has 8 nitrogen and oxygen atoms in total. The quantitative estimate of drug-likeness (QED) is 0.492. The van der Waals surface area contributed by atoms with Crippen LogP contribution in [0.15, 0.2) is 29.5 Å². The van der Waals surface area contributed by atoms with Gasteiger partial charge in [-0.05, 0) is 13.0 Å². The van der Waals surface area contributed by atoms with Crippen LogP contribution in [0.4, 0.5) is 14.5 Å². The van der Waals surface area contributed by atoms with E-state index < -0.39 is 29.3 Å². The predicted molar refractivity (Wildman–Crippen MR) is 79.9 cm³/mol. The van der Waals surface area contributed by atoms with E-state index in [0.717, 1.165) is 25.3 Å². The highest BCUT2D eigenvalue weighted by atomic mass is 19.3. The Hall–Kier alpha value is -3.04. The number of esters is 1. The number of nitrogens with one attached hydrogen (secondary N) is 1. The highest BCUT2D eigenvalue weighted by Gasteiger charge is 2.35. The summed E-state index contributed by atoms with van der Waals surface area (Å²) in [4.78, 5) is 34.2. The molecule has 0 fully saturated rings. The van der Waals surface area contributed by atoms with Gasteiger partial charge in [-0.15, -0.1) is 0 Å². The van der Waals surface area contributed by atoms with Crippen LogP contribution in [0.3, 0.4) is 0 Å². The Balaban J connectivity index is 2.64. The molecule has 1 aliphatic rings. The fraction of sp³-hybridized carbons (Fsp3) is 0.333. The molecule has 1 aliphatic heterocycles. The van der Waals surface area contributed by atoms with Gasteiger partial charge in [-0.3, -0.25) is 14.9 Å². The Bertz CT molecular complexity index is 762. The molecular weight excluding hydrogens is 342 g/mol.